The van der Waals surface area contributed by atoms with Crippen LogP contribution in [0.4, 0.5) is 4.39 Å². The van der Waals surface area contributed by atoms with E-state index in [1.54, 1.807) is 42.5 Å². The molecule has 2 atom stereocenters. The minimum atomic E-state index is -0.981. The van der Waals surface area contributed by atoms with Crippen LogP contribution in [0.2, 0.25) is 0 Å². The fourth-order valence-corrected chi connectivity index (χ4v) is 4.09. The van der Waals surface area contributed by atoms with Gasteiger partial charge >= 0.3 is 0 Å². The number of benzene rings is 2. The molecule has 1 aliphatic rings. The first-order valence-corrected chi connectivity index (χ1v) is 11.8. The van der Waals surface area contributed by atoms with E-state index in [0.717, 1.165) is 12.8 Å². The summed E-state index contributed by atoms with van der Waals surface area (Å²) in [6, 6.07) is 16.7. The fourth-order valence-electron chi connectivity index (χ4n) is 4.09. The molecular formula is C27H28FN3O5. The van der Waals surface area contributed by atoms with E-state index in [2.05, 4.69) is 10.6 Å². The highest BCUT2D eigenvalue weighted by Gasteiger charge is 2.32. The molecule has 3 amide bonds. The Morgan fingerprint density at radius 1 is 1.00 bits per heavy atom. The standard InChI is InChI=1S/C27H28FN3O5/c28-21-12-10-19(11-13-21)18-31(24(32)17-30-26(33)23-9-5-15-36-23)25(20-6-2-1-3-7-20)27(34)29-16-22-8-4-14-35-22/h1-3,5-7,9-13,15,22,25H,4,8,14,16-18H2,(H,29,34)(H,30,33)/t22-,25+/m0/s1. The molecule has 0 aliphatic carbocycles. The van der Waals surface area contributed by atoms with Gasteiger partial charge in [0.05, 0.1) is 18.9 Å². The largest absolute Gasteiger partial charge is 0.459 e. The highest BCUT2D eigenvalue weighted by Crippen LogP contribution is 2.24. The summed E-state index contributed by atoms with van der Waals surface area (Å²) in [6.45, 7) is 0.662. The summed E-state index contributed by atoms with van der Waals surface area (Å²) >= 11 is 0. The lowest BCUT2D eigenvalue weighted by atomic mass is 10.0. The van der Waals surface area contributed by atoms with E-state index in [1.807, 2.05) is 6.07 Å². The number of halogens is 1. The van der Waals surface area contributed by atoms with Crippen molar-refractivity contribution >= 4 is 17.7 Å². The Kier molecular flexibility index (Phi) is 8.46. The van der Waals surface area contributed by atoms with Crippen LogP contribution in [0.1, 0.15) is 40.6 Å². The lowest BCUT2D eigenvalue weighted by molar-refractivity contribution is -0.141. The second-order valence-electron chi connectivity index (χ2n) is 8.50. The molecule has 36 heavy (non-hydrogen) atoms. The quantitative estimate of drug-likeness (QED) is 0.452. The molecule has 1 saturated heterocycles. The average molecular weight is 494 g/mol. The average Bonchev–Trinajstić information content (AvgIpc) is 3.62. The number of hydrogen-bond acceptors (Lipinski definition) is 5. The summed E-state index contributed by atoms with van der Waals surface area (Å²) < 4.78 is 24.2. The van der Waals surface area contributed by atoms with E-state index in [1.165, 1.54) is 29.4 Å². The summed E-state index contributed by atoms with van der Waals surface area (Å²) in [4.78, 5) is 40.7. The van der Waals surface area contributed by atoms with Gasteiger partial charge in [0.15, 0.2) is 5.76 Å². The third-order valence-electron chi connectivity index (χ3n) is 5.93. The zero-order valence-electron chi connectivity index (χ0n) is 19.7. The number of carbonyl (C=O) groups is 3. The van der Waals surface area contributed by atoms with Crippen molar-refractivity contribution in [2.24, 2.45) is 0 Å². The lowest BCUT2D eigenvalue weighted by Gasteiger charge is -2.32. The van der Waals surface area contributed by atoms with E-state index < -0.39 is 23.7 Å². The van der Waals surface area contributed by atoms with Gasteiger partial charge in [0.1, 0.15) is 11.9 Å². The third kappa shape index (κ3) is 6.57. The number of furan rings is 1. The number of ether oxygens (including phenoxy) is 1. The van der Waals surface area contributed by atoms with Gasteiger partial charge in [0, 0.05) is 19.7 Å². The Morgan fingerprint density at radius 3 is 2.44 bits per heavy atom. The summed E-state index contributed by atoms with van der Waals surface area (Å²) in [5.41, 5.74) is 1.24. The van der Waals surface area contributed by atoms with E-state index in [9.17, 15) is 18.8 Å². The number of nitrogens with zero attached hydrogens (tertiary/aromatic N) is 1. The number of carbonyl (C=O) groups excluding carboxylic acids is 3. The first-order chi connectivity index (χ1) is 17.5. The molecule has 1 aromatic heterocycles. The summed E-state index contributed by atoms with van der Waals surface area (Å²) in [5.74, 6) is -1.74. The maximum atomic E-state index is 13.5. The van der Waals surface area contributed by atoms with Crippen molar-refractivity contribution < 1.29 is 27.9 Å². The molecule has 8 nitrogen and oxygen atoms in total. The molecule has 0 bridgehead atoms. The Hall–Kier alpha value is -3.98. The Labute approximate surface area is 208 Å². The van der Waals surface area contributed by atoms with Gasteiger partial charge in [-0.3, -0.25) is 14.4 Å². The second-order valence-corrected chi connectivity index (χ2v) is 8.50. The van der Waals surface area contributed by atoms with E-state index in [4.69, 9.17) is 9.15 Å². The predicted octanol–water partition coefficient (Wildman–Crippen LogP) is 3.21. The molecule has 0 unspecified atom stereocenters. The summed E-state index contributed by atoms with van der Waals surface area (Å²) in [5, 5.41) is 5.47. The minimum absolute atomic E-state index is 0.0304. The number of amides is 3. The van der Waals surface area contributed by atoms with Gasteiger partial charge in [0.25, 0.3) is 5.91 Å². The van der Waals surface area contributed by atoms with Crippen molar-refractivity contribution in [3.8, 4) is 0 Å². The normalized spacial score (nSPS) is 15.8. The molecule has 1 fully saturated rings. The molecule has 1 aliphatic heterocycles. The minimum Gasteiger partial charge on any atom is -0.459 e. The van der Waals surface area contributed by atoms with Gasteiger partial charge in [-0.05, 0) is 48.2 Å². The molecule has 2 aromatic carbocycles. The summed E-state index contributed by atoms with van der Waals surface area (Å²) in [6.07, 6.45) is 3.08. The van der Waals surface area contributed by atoms with Crippen LogP contribution in [0, 0.1) is 5.82 Å². The maximum absolute atomic E-state index is 13.5. The van der Waals surface area contributed by atoms with Gasteiger partial charge in [-0.1, -0.05) is 42.5 Å². The Balaban J connectivity index is 1.58. The van der Waals surface area contributed by atoms with Crippen molar-refractivity contribution in [2.45, 2.75) is 31.5 Å². The number of nitrogens with one attached hydrogen (secondary N) is 2. The summed E-state index contributed by atoms with van der Waals surface area (Å²) in [7, 11) is 0. The molecule has 0 saturated carbocycles. The Bertz CT molecular complexity index is 1150. The van der Waals surface area contributed by atoms with Crippen LogP contribution in [-0.2, 0) is 20.9 Å². The van der Waals surface area contributed by atoms with Crippen LogP contribution in [-0.4, -0.2) is 48.4 Å². The van der Waals surface area contributed by atoms with Gasteiger partial charge in [0.2, 0.25) is 11.8 Å². The SMILES string of the molecule is O=C(NCC(=O)N(Cc1ccc(F)cc1)[C@@H](C(=O)NC[C@@H]1CCCO1)c1ccccc1)c1ccco1. The molecule has 2 heterocycles. The van der Waals surface area contributed by atoms with Crippen molar-refractivity contribution in [3.05, 3.63) is 95.7 Å². The third-order valence-corrected chi connectivity index (χ3v) is 5.93. The maximum Gasteiger partial charge on any atom is 0.287 e. The van der Waals surface area contributed by atoms with Crippen LogP contribution in [0.15, 0.2) is 77.4 Å². The predicted molar refractivity (Wildman–Crippen MR) is 129 cm³/mol. The highest BCUT2D eigenvalue weighted by atomic mass is 19.1. The van der Waals surface area contributed by atoms with Crippen molar-refractivity contribution in [1.82, 2.24) is 15.5 Å². The molecule has 0 spiro atoms. The topological polar surface area (TPSA) is 101 Å². The lowest BCUT2D eigenvalue weighted by Crippen LogP contribution is -2.48. The van der Waals surface area contributed by atoms with E-state index in [0.29, 0.717) is 24.3 Å². The molecule has 0 radical (unpaired) electrons. The molecule has 188 valence electrons. The first kappa shape index (κ1) is 25.1. The van der Waals surface area contributed by atoms with Gasteiger partial charge in [-0.25, -0.2) is 4.39 Å². The first-order valence-electron chi connectivity index (χ1n) is 11.8. The monoisotopic (exact) mass is 493 g/mol. The zero-order chi connectivity index (χ0) is 25.3. The van der Waals surface area contributed by atoms with Crippen LogP contribution in [0.25, 0.3) is 0 Å². The van der Waals surface area contributed by atoms with Gasteiger partial charge in [-0.2, -0.15) is 0 Å². The number of hydrogen-bond donors (Lipinski definition) is 2. The smallest absolute Gasteiger partial charge is 0.287 e. The highest BCUT2D eigenvalue weighted by molar-refractivity contribution is 5.95. The Morgan fingerprint density at radius 2 is 1.78 bits per heavy atom. The van der Waals surface area contributed by atoms with Crippen molar-refractivity contribution in [1.29, 1.82) is 0 Å². The number of rotatable bonds is 10. The molecule has 9 heteroatoms. The molecule has 4 rings (SSSR count). The van der Waals surface area contributed by atoms with Crippen LogP contribution in [0.3, 0.4) is 0 Å². The van der Waals surface area contributed by atoms with Crippen molar-refractivity contribution in [3.63, 3.8) is 0 Å². The van der Waals surface area contributed by atoms with Gasteiger partial charge < -0.3 is 24.7 Å². The fraction of sp³-hybridized carbons (Fsp3) is 0.296. The van der Waals surface area contributed by atoms with Gasteiger partial charge in [-0.15, -0.1) is 0 Å². The molecule has 3 aromatic rings. The van der Waals surface area contributed by atoms with E-state index in [-0.39, 0.29) is 30.9 Å². The molecule has 2 N–H and O–H groups in total. The van der Waals surface area contributed by atoms with Crippen LogP contribution >= 0.6 is 0 Å². The zero-order valence-corrected chi connectivity index (χ0v) is 19.7. The van der Waals surface area contributed by atoms with Crippen LogP contribution in [0.5, 0.6) is 0 Å². The second kappa shape index (κ2) is 12.1. The van der Waals surface area contributed by atoms with E-state index >= 15 is 0 Å². The van der Waals surface area contributed by atoms with Crippen molar-refractivity contribution in [2.75, 3.05) is 19.7 Å². The molecular weight excluding hydrogens is 465 g/mol. The van der Waals surface area contributed by atoms with Crippen LogP contribution < -0.4 is 10.6 Å².